The van der Waals surface area contributed by atoms with E-state index in [1.807, 2.05) is 18.2 Å². The molecular formula is C16H18N3O2S. The van der Waals surface area contributed by atoms with Crippen LogP contribution < -0.4 is 4.80 Å². The second-order valence-corrected chi connectivity index (χ2v) is 7.46. The first kappa shape index (κ1) is 15.1. The van der Waals surface area contributed by atoms with Gasteiger partial charge >= 0.3 is 0 Å². The Balaban J connectivity index is 2.25. The minimum Gasteiger partial charge on any atom is -0.298 e. The van der Waals surface area contributed by atoms with Gasteiger partial charge in [-0.1, -0.05) is 41.7 Å². The lowest BCUT2D eigenvalue weighted by molar-refractivity contribution is -0.278. The van der Waals surface area contributed by atoms with Gasteiger partial charge in [0.05, 0.1) is 11.2 Å². The van der Waals surface area contributed by atoms with Gasteiger partial charge in [-0.3, -0.25) is 14.8 Å². The summed E-state index contributed by atoms with van der Waals surface area (Å²) in [7, 11) is 0. The molecule has 1 radical (unpaired) electrons. The van der Waals surface area contributed by atoms with E-state index < -0.39 is 11.2 Å². The molecule has 1 aromatic heterocycles. The molecule has 2 heterocycles. The quantitative estimate of drug-likeness (QED) is 0.866. The van der Waals surface area contributed by atoms with E-state index >= 15 is 0 Å². The second kappa shape index (κ2) is 4.62. The topological polar surface area (TPSA) is 69.0 Å². The number of ketones is 1. The van der Waals surface area contributed by atoms with Gasteiger partial charge < -0.3 is 0 Å². The van der Waals surface area contributed by atoms with Crippen LogP contribution in [0, 0.1) is 5.41 Å². The van der Waals surface area contributed by atoms with E-state index in [0.29, 0.717) is 16.1 Å². The Labute approximate surface area is 132 Å². The maximum atomic E-state index is 12.8. The molecule has 5 nitrogen and oxygen atoms in total. The van der Waals surface area contributed by atoms with Gasteiger partial charge in [-0.15, -0.1) is 10.3 Å². The lowest BCUT2D eigenvalue weighted by Gasteiger charge is -2.31. The van der Waals surface area contributed by atoms with Gasteiger partial charge in [-0.2, -0.15) is 0 Å². The van der Waals surface area contributed by atoms with Crippen molar-refractivity contribution in [2.75, 3.05) is 0 Å². The minimum atomic E-state index is -0.873. The van der Waals surface area contributed by atoms with Crippen LogP contribution >= 0.6 is 11.3 Å². The first-order chi connectivity index (χ1) is 10.2. The number of thiazole rings is 1. The van der Waals surface area contributed by atoms with Crippen LogP contribution in [0.15, 0.2) is 30.3 Å². The van der Waals surface area contributed by atoms with Crippen molar-refractivity contribution in [1.82, 2.24) is 9.63 Å². The van der Waals surface area contributed by atoms with E-state index in [4.69, 9.17) is 5.41 Å². The van der Waals surface area contributed by atoms with Crippen molar-refractivity contribution >= 4 is 17.1 Å². The van der Waals surface area contributed by atoms with Gasteiger partial charge in [0.25, 0.3) is 0 Å². The zero-order valence-electron chi connectivity index (χ0n) is 13.0. The van der Waals surface area contributed by atoms with E-state index in [9.17, 15) is 10.0 Å². The van der Waals surface area contributed by atoms with Gasteiger partial charge in [-0.25, -0.2) is 0 Å². The molecule has 6 heteroatoms. The molecule has 115 valence electrons. The maximum Gasteiger partial charge on any atom is 0.204 e. The number of nitrogens with zero attached hydrogens (tertiary/aromatic N) is 2. The van der Waals surface area contributed by atoms with Gasteiger partial charge in [0.15, 0.2) is 4.80 Å². The predicted octanol–water partition coefficient (Wildman–Crippen LogP) is 2.85. The number of fused-ring (bicyclic) bond motifs is 1. The average molecular weight is 316 g/mol. The Bertz CT molecular complexity index is 803. The number of hydroxylamine groups is 2. The fourth-order valence-corrected chi connectivity index (χ4v) is 4.46. The predicted molar refractivity (Wildman–Crippen MR) is 82.9 cm³/mol. The van der Waals surface area contributed by atoms with Crippen molar-refractivity contribution in [3.05, 3.63) is 51.3 Å². The lowest BCUT2D eigenvalue weighted by Crippen LogP contribution is -2.45. The third kappa shape index (κ3) is 1.84. The number of carbonyl (C=O) groups is 1. The highest BCUT2D eigenvalue weighted by atomic mass is 32.1. The molecule has 0 unspecified atom stereocenters. The zero-order chi connectivity index (χ0) is 16.3. The summed E-state index contributed by atoms with van der Waals surface area (Å²) in [4.78, 5) is 13.5. The minimum absolute atomic E-state index is 0.132. The van der Waals surface area contributed by atoms with Gasteiger partial charge in [-0.05, 0) is 27.7 Å². The molecule has 2 aromatic rings. The van der Waals surface area contributed by atoms with Crippen molar-refractivity contribution in [3.8, 4) is 0 Å². The third-order valence-corrected chi connectivity index (χ3v) is 5.17. The molecule has 22 heavy (non-hydrogen) atoms. The summed E-state index contributed by atoms with van der Waals surface area (Å²) in [6.45, 7) is 7.16. The lowest BCUT2D eigenvalue weighted by atomic mass is 9.97. The summed E-state index contributed by atoms with van der Waals surface area (Å²) in [6, 6.07) is 8.98. The third-order valence-electron chi connectivity index (χ3n) is 4.21. The molecule has 1 aliphatic rings. The van der Waals surface area contributed by atoms with E-state index in [1.54, 1.807) is 44.4 Å². The molecule has 1 aromatic carbocycles. The zero-order valence-corrected chi connectivity index (χ0v) is 13.8. The SMILES string of the molecule is CC1(C)c2c(C(=O)c3ccccc3)sc(=N)n2C(C)(C)N1[O]. The smallest absolute Gasteiger partial charge is 0.204 e. The van der Waals surface area contributed by atoms with Crippen LogP contribution in [0.4, 0.5) is 0 Å². The fraction of sp³-hybridized carbons (Fsp3) is 0.375. The molecule has 0 amide bonds. The molecule has 0 saturated heterocycles. The van der Waals surface area contributed by atoms with Crippen molar-refractivity contribution in [2.24, 2.45) is 0 Å². The molecule has 0 spiro atoms. The van der Waals surface area contributed by atoms with Crippen molar-refractivity contribution in [3.63, 3.8) is 0 Å². The Morgan fingerprint density at radius 1 is 1.14 bits per heavy atom. The normalized spacial score (nSPS) is 19.1. The van der Waals surface area contributed by atoms with E-state index in [1.165, 1.54) is 0 Å². The van der Waals surface area contributed by atoms with Crippen molar-refractivity contribution < 1.29 is 10.0 Å². The Morgan fingerprint density at radius 3 is 2.32 bits per heavy atom. The van der Waals surface area contributed by atoms with Crippen LogP contribution in [-0.2, 0) is 16.4 Å². The molecule has 1 aliphatic heterocycles. The van der Waals surface area contributed by atoms with Crippen molar-refractivity contribution in [1.29, 1.82) is 5.41 Å². The molecule has 0 bridgehead atoms. The van der Waals surface area contributed by atoms with E-state index in [0.717, 1.165) is 16.4 Å². The first-order valence-electron chi connectivity index (χ1n) is 7.07. The van der Waals surface area contributed by atoms with Gasteiger partial charge in [0.1, 0.15) is 10.5 Å². The number of aromatic nitrogens is 1. The summed E-state index contributed by atoms with van der Waals surface area (Å²) in [5.74, 6) is -0.132. The van der Waals surface area contributed by atoms with Crippen LogP contribution in [-0.4, -0.2) is 15.4 Å². The maximum absolute atomic E-state index is 12.8. The van der Waals surface area contributed by atoms with Crippen LogP contribution in [0.1, 0.15) is 48.6 Å². The largest absolute Gasteiger partial charge is 0.298 e. The highest BCUT2D eigenvalue weighted by molar-refractivity contribution is 7.11. The summed E-state index contributed by atoms with van der Waals surface area (Å²) < 4.78 is 1.68. The van der Waals surface area contributed by atoms with Crippen LogP contribution in [0.5, 0.6) is 0 Å². The summed E-state index contributed by atoms with van der Waals surface area (Å²) in [5.41, 5.74) is -0.512. The summed E-state index contributed by atoms with van der Waals surface area (Å²) in [6.07, 6.45) is 0. The van der Waals surface area contributed by atoms with Crippen molar-refractivity contribution in [2.45, 2.75) is 38.9 Å². The molecule has 1 N–H and O–H groups in total. The van der Waals surface area contributed by atoms with Gasteiger partial charge in [0.2, 0.25) is 5.78 Å². The fourth-order valence-electron chi connectivity index (χ4n) is 3.21. The highest BCUT2D eigenvalue weighted by Crippen LogP contribution is 2.45. The molecule has 3 rings (SSSR count). The summed E-state index contributed by atoms with van der Waals surface area (Å²) >= 11 is 1.14. The standard InChI is InChI=1S/C16H18N3O2S/c1-15(2)13-12(11(20)10-8-6-5-7-9-10)22-14(17)18(13)16(3,4)19(15)21/h5-9,17H,1-4H3. The number of hydrogen-bond donors (Lipinski definition) is 1. The van der Waals surface area contributed by atoms with Crippen LogP contribution in [0.2, 0.25) is 0 Å². The number of benzene rings is 1. The molecular weight excluding hydrogens is 298 g/mol. The number of carbonyl (C=O) groups excluding carboxylic acids is 1. The van der Waals surface area contributed by atoms with Gasteiger partial charge in [0, 0.05) is 5.56 Å². The first-order valence-corrected chi connectivity index (χ1v) is 7.89. The number of hydrogen-bond acceptors (Lipinski definition) is 4. The van der Waals surface area contributed by atoms with Crippen LogP contribution in [0.25, 0.3) is 0 Å². The monoisotopic (exact) mass is 316 g/mol. The molecule has 0 saturated carbocycles. The Hall–Kier alpha value is -1.76. The van der Waals surface area contributed by atoms with E-state index in [-0.39, 0.29) is 10.6 Å². The second-order valence-electron chi connectivity index (χ2n) is 6.46. The molecule has 0 fully saturated rings. The summed E-state index contributed by atoms with van der Waals surface area (Å²) in [5, 5.41) is 21.8. The molecule has 0 atom stereocenters. The number of rotatable bonds is 2. The number of nitrogens with one attached hydrogen (secondary N) is 1. The average Bonchev–Trinajstić information content (AvgIpc) is 2.90. The Kier molecular flexibility index (Phi) is 3.18. The van der Waals surface area contributed by atoms with E-state index in [2.05, 4.69) is 0 Å². The van der Waals surface area contributed by atoms with Crippen LogP contribution in [0.3, 0.4) is 0 Å². The Morgan fingerprint density at radius 2 is 1.73 bits per heavy atom. The molecule has 0 aliphatic carbocycles. The highest BCUT2D eigenvalue weighted by Gasteiger charge is 2.53.